The maximum absolute atomic E-state index is 14.6. The van der Waals surface area contributed by atoms with Gasteiger partial charge in [0, 0.05) is 5.56 Å². The van der Waals surface area contributed by atoms with Crippen molar-refractivity contribution >= 4 is 0 Å². The summed E-state index contributed by atoms with van der Waals surface area (Å²) >= 11 is 0. The summed E-state index contributed by atoms with van der Waals surface area (Å²) in [5.41, 5.74) is 4.70. The molecule has 4 aromatic carbocycles. The molecule has 0 fully saturated rings. The van der Waals surface area contributed by atoms with E-state index in [0.29, 0.717) is 5.56 Å². The third-order valence-electron chi connectivity index (χ3n) is 4.87. The predicted molar refractivity (Wildman–Crippen MR) is 130 cm³/mol. The highest BCUT2D eigenvalue weighted by molar-refractivity contribution is 5.73. The van der Waals surface area contributed by atoms with Crippen LogP contribution in [-0.2, 0) is 0 Å². The molecule has 0 spiro atoms. The molecule has 0 aromatic heterocycles. The minimum Gasteiger partial charge on any atom is -0.206 e. The molecular weight excluding hydrogens is 424 g/mol. The van der Waals surface area contributed by atoms with Gasteiger partial charge in [0.1, 0.15) is 5.82 Å². The van der Waals surface area contributed by atoms with Crippen LogP contribution in [0.1, 0.15) is 33.3 Å². The molecule has 0 aliphatic rings. The number of halogens is 4. The number of hydrogen-bond acceptors (Lipinski definition) is 0. The van der Waals surface area contributed by atoms with Crippen LogP contribution < -0.4 is 0 Å². The van der Waals surface area contributed by atoms with Crippen molar-refractivity contribution in [3.8, 4) is 33.4 Å². The normalized spacial score (nSPS) is 9.97. The highest BCUT2D eigenvalue weighted by atomic mass is 19.2. The molecule has 0 unspecified atom stereocenters. The average Bonchev–Trinajstić information content (AvgIpc) is 2.85. The molecule has 0 saturated heterocycles. The Kier molecular flexibility index (Phi) is 9.41. The Morgan fingerprint density at radius 3 is 1.24 bits per heavy atom. The van der Waals surface area contributed by atoms with E-state index in [2.05, 4.69) is 0 Å². The summed E-state index contributed by atoms with van der Waals surface area (Å²) in [6, 6.07) is 21.8. The van der Waals surface area contributed by atoms with Crippen LogP contribution in [0.4, 0.5) is 17.6 Å². The number of aryl methyl sites for hydroxylation is 1. The summed E-state index contributed by atoms with van der Waals surface area (Å²) in [5, 5.41) is 0. The Balaban J connectivity index is 0.000000914. The van der Waals surface area contributed by atoms with Gasteiger partial charge in [0.05, 0.1) is 0 Å². The maximum atomic E-state index is 14.6. The van der Waals surface area contributed by atoms with Gasteiger partial charge in [-0.2, -0.15) is 0 Å². The van der Waals surface area contributed by atoms with E-state index in [-0.39, 0.29) is 11.1 Å². The van der Waals surface area contributed by atoms with E-state index in [0.717, 1.165) is 28.8 Å². The first-order chi connectivity index (χ1) is 15.9. The molecule has 0 nitrogen and oxygen atoms in total. The van der Waals surface area contributed by atoms with Gasteiger partial charge in [-0.25, -0.2) is 17.6 Å². The molecule has 0 aliphatic heterocycles. The lowest BCUT2D eigenvalue weighted by atomic mass is 9.97. The maximum Gasteiger partial charge on any atom is 0.194 e. The molecule has 0 amide bonds. The first-order valence-corrected chi connectivity index (χ1v) is 11.0. The lowest BCUT2D eigenvalue weighted by Crippen LogP contribution is -1.94. The average molecular weight is 453 g/mol. The van der Waals surface area contributed by atoms with Gasteiger partial charge in [0.15, 0.2) is 17.5 Å². The second-order valence-electron chi connectivity index (χ2n) is 6.89. The Morgan fingerprint density at radius 2 is 0.788 bits per heavy atom. The van der Waals surface area contributed by atoms with E-state index < -0.39 is 23.3 Å². The molecule has 0 N–H and O–H groups in total. The predicted octanol–water partition coefficient (Wildman–Crippen LogP) is 9.60. The smallest absolute Gasteiger partial charge is 0.194 e. The van der Waals surface area contributed by atoms with Crippen molar-refractivity contribution in [3.63, 3.8) is 0 Å². The molecule has 33 heavy (non-hydrogen) atoms. The van der Waals surface area contributed by atoms with Crippen LogP contribution in [0.15, 0.2) is 78.9 Å². The lowest BCUT2D eigenvalue weighted by molar-refractivity contribution is 0.447. The monoisotopic (exact) mass is 452 g/mol. The Hall–Kier alpha value is -3.40. The zero-order valence-corrected chi connectivity index (χ0v) is 19.5. The van der Waals surface area contributed by atoms with Gasteiger partial charge in [-0.3, -0.25) is 0 Å². The molecule has 0 saturated carbocycles. The van der Waals surface area contributed by atoms with Crippen molar-refractivity contribution in [2.75, 3.05) is 0 Å². The van der Waals surface area contributed by atoms with Gasteiger partial charge in [-0.15, -0.1) is 0 Å². The van der Waals surface area contributed by atoms with E-state index in [1.807, 2.05) is 83.1 Å². The van der Waals surface area contributed by atoms with Crippen molar-refractivity contribution in [2.45, 2.75) is 34.6 Å². The summed E-state index contributed by atoms with van der Waals surface area (Å²) < 4.78 is 54.7. The van der Waals surface area contributed by atoms with Crippen molar-refractivity contribution in [1.82, 2.24) is 0 Å². The summed E-state index contributed by atoms with van der Waals surface area (Å²) in [6.45, 7) is 10.0. The minimum atomic E-state index is -1.57. The summed E-state index contributed by atoms with van der Waals surface area (Å²) in [5.74, 6) is -4.92. The second kappa shape index (κ2) is 12.0. The molecule has 0 bridgehead atoms. The Bertz CT molecular complexity index is 1150. The zero-order chi connectivity index (χ0) is 24.5. The molecule has 0 heterocycles. The molecule has 4 rings (SSSR count). The minimum absolute atomic E-state index is 0.00262. The van der Waals surface area contributed by atoms with Crippen LogP contribution in [0.5, 0.6) is 0 Å². The van der Waals surface area contributed by atoms with E-state index in [9.17, 15) is 17.6 Å². The molecule has 4 aromatic rings. The third-order valence-corrected chi connectivity index (χ3v) is 4.87. The van der Waals surface area contributed by atoms with Crippen LogP contribution in [-0.4, -0.2) is 0 Å². The molecule has 0 aliphatic carbocycles. The second-order valence-corrected chi connectivity index (χ2v) is 6.89. The zero-order valence-electron chi connectivity index (χ0n) is 19.5. The Morgan fingerprint density at radius 1 is 0.424 bits per heavy atom. The van der Waals surface area contributed by atoms with E-state index in [1.165, 1.54) is 17.7 Å². The van der Waals surface area contributed by atoms with Gasteiger partial charge < -0.3 is 0 Å². The standard InChI is InChI=1S/C25H16F4.2C2H6/c1-15-2-4-16(5-3-15)17-6-8-18(9-7-17)19-10-11-21(22(26)12-19)20-13-23(27)25(29)24(28)14-20;2*1-2/h2-14H,1H3;2*1-2H3. The van der Waals surface area contributed by atoms with Crippen LogP contribution in [0.25, 0.3) is 33.4 Å². The highest BCUT2D eigenvalue weighted by Gasteiger charge is 2.14. The van der Waals surface area contributed by atoms with E-state index >= 15 is 0 Å². The molecule has 4 heteroatoms. The van der Waals surface area contributed by atoms with Gasteiger partial charge in [-0.1, -0.05) is 93.9 Å². The van der Waals surface area contributed by atoms with Crippen LogP contribution in [0.2, 0.25) is 0 Å². The van der Waals surface area contributed by atoms with Crippen molar-refractivity contribution in [3.05, 3.63) is 108 Å². The third kappa shape index (κ3) is 6.10. The molecular formula is C29H28F4. The van der Waals surface area contributed by atoms with Crippen molar-refractivity contribution in [2.24, 2.45) is 0 Å². The fourth-order valence-corrected chi connectivity index (χ4v) is 3.24. The summed E-state index contributed by atoms with van der Waals surface area (Å²) in [7, 11) is 0. The van der Waals surface area contributed by atoms with E-state index in [1.54, 1.807) is 6.07 Å². The first kappa shape index (κ1) is 25.9. The van der Waals surface area contributed by atoms with Gasteiger partial charge >= 0.3 is 0 Å². The fraction of sp³-hybridized carbons (Fsp3) is 0.172. The van der Waals surface area contributed by atoms with Crippen molar-refractivity contribution < 1.29 is 17.6 Å². The quantitative estimate of drug-likeness (QED) is 0.214. The number of rotatable bonds is 3. The van der Waals surface area contributed by atoms with Crippen LogP contribution in [0.3, 0.4) is 0 Å². The fourth-order valence-electron chi connectivity index (χ4n) is 3.24. The van der Waals surface area contributed by atoms with Gasteiger partial charge in [0.25, 0.3) is 0 Å². The SMILES string of the molecule is CC.CC.Cc1ccc(-c2ccc(-c3ccc(-c4cc(F)c(F)c(F)c4)c(F)c3)cc2)cc1. The topological polar surface area (TPSA) is 0 Å². The first-order valence-electron chi connectivity index (χ1n) is 11.0. The number of hydrogen-bond donors (Lipinski definition) is 0. The molecule has 0 atom stereocenters. The van der Waals surface area contributed by atoms with E-state index in [4.69, 9.17) is 0 Å². The molecule has 172 valence electrons. The van der Waals surface area contributed by atoms with Gasteiger partial charge in [-0.05, 0) is 52.9 Å². The van der Waals surface area contributed by atoms with Crippen molar-refractivity contribution in [1.29, 1.82) is 0 Å². The highest BCUT2D eigenvalue weighted by Crippen LogP contribution is 2.31. The summed E-state index contributed by atoms with van der Waals surface area (Å²) in [6.07, 6.45) is 0. The molecule has 0 radical (unpaired) electrons. The van der Waals surface area contributed by atoms with Crippen LogP contribution in [0, 0.1) is 30.2 Å². The van der Waals surface area contributed by atoms with Crippen LogP contribution >= 0.6 is 0 Å². The summed E-state index contributed by atoms with van der Waals surface area (Å²) in [4.78, 5) is 0. The van der Waals surface area contributed by atoms with Gasteiger partial charge in [0.2, 0.25) is 0 Å². The lowest BCUT2D eigenvalue weighted by Gasteiger charge is -2.09. The Labute approximate surface area is 193 Å². The number of benzene rings is 4. The largest absolute Gasteiger partial charge is 0.206 e.